The minimum atomic E-state index is -1.12. The Labute approximate surface area is 147 Å². The second-order valence-electron chi connectivity index (χ2n) is 6.62. The molecule has 0 radical (unpaired) electrons. The lowest BCUT2D eigenvalue weighted by Gasteiger charge is -2.26. The largest absolute Gasteiger partial charge is 0.384 e. The van der Waals surface area contributed by atoms with Crippen molar-refractivity contribution in [1.29, 1.82) is 0 Å². The third-order valence-electron chi connectivity index (χ3n) is 4.53. The van der Waals surface area contributed by atoms with E-state index in [2.05, 4.69) is 20.7 Å². The highest BCUT2D eigenvalue weighted by Gasteiger charge is 2.27. The molecule has 0 aliphatic carbocycles. The molecule has 2 heterocycles. The number of nitrogens with zero attached hydrogens (tertiary/aromatic N) is 3. The van der Waals surface area contributed by atoms with Crippen LogP contribution in [-0.2, 0) is 18.6 Å². The SMILES string of the molecule is CCc1nc2n(n1)CCCC2NC(=O)NCC(C)(O)c1ccccc1. The highest BCUT2D eigenvalue weighted by molar-refractivity contribution is 5.74. The Morgan fingerprint density at radius 3 is 2.88 bits per heavy atom. The van der Waals surface area contributed by atoms with E-state index in [9.17, 15) is 9.90 Å². The molecule has 134 valence electrons. The number of amides is 2. The van der Waals surface area contributed by atoms with Gasteiger partial charge in [0.2, 0.25) is 0 Å². The lowest BCUT2D eigenvalue weighted by Crippen LogP contribution is -2.45. The van der Waals surface area contributed by atoms with E-state index in [0.717, 1.165) is 43.0 Å². The summed E-state index contributed by atoms with van der Waals surface area (Å²) in [5.74, 6) is 1.61. The van der Waals surface area contributed by atoms with Crippen LogP contribution in [0.1, 0.15) is 49.9 Å². The number of fused-ring (bicyclic) bond motifs is 1. The van der Waals surface area contributed by atoms with Crippen LogP contribution in [0.3, 0.4) is 0 Å². The highest BCUT2D eigenvalue weighted by atomic mass is 16.3. The number of rotatable bonds is 5. The fraction of sp³-hybridized carbons (Fsp3) is 0.500. The summed E-state index contributed by atoms with van der Waals surface area (Å²) < 4.78 is 1.88. The number of aromatic nitrogens is 3. The average molecular weight is 343 g/mol. The molecule has 7 nitrogen and oxygen atoms in total. The Hall–Kier alpha value is -2.41. The zero-order valence-corrected chi connectivity index (χ0v) is 14.7. The Kier molecular flexibility index (Phi) is 5.03. The quantitative estimate of drug-likeness (QED) is 0.773. The van der Waals surface area contributed by atoms with E-state index < -0.39 is 5.60 Å². The van der Waals surface area contributed by atoms with Crippen molar-refractivity contribution in [3.8, 4) is 0 Å². The van der Waals surface area contributed by atoms with Crippen LogP contribution >= 0.6 is 0 Å². The van der Waals surface area contributed by atoms with Crippen molar-refractivity contribution in [2.45, 2.75) is 51.3 Å². The molecule has 0 saturated carbocycles. The van der Waals surface area contributed by atoms with Gasteiger partial charge in [0.25, 0.3) is 0 Å². The van der Waals surface area contributed by atoms with Gasteiger partial charge in [-0.3, -0.25) is 0 Å². The Balaban J connectivity index is 1.59. The first-order valence-corrected chi connectivity index (χ1v) is 8.75. The minimum absolute atomic E-state index is 0.127. The molecule has 2 aromatic rings. The Morgan fingerprint density at radius 2 is 2.16 bits per heavy atom. The molecule has 0 fully saturated rings. The molecule has 1 aromatic heterocycles. The minimum Gasteiger partial charge on any atom is -0.384 e. The van der Waals surface area contributed by atoms with Gasteiger partial charge in [-0.05, 0) is 25.3 Å². The topological polar surface area (TPSA) is 92.1 Å². The number of aliphatic hydroxyl groups is 1. The van der Waals surface area contributed by atoms with Gasteiger partial charge in [0.05, 0.1) is 12.6 Å². The maximum atomic E-state index is 12.3. The molecular formula is C18H25N5O2. The predicted octanol–water partition coefficient (Wildman–Crippen LogP) is 1.88. The summed E-state index contributed by atoms with van der Waals surface area (Å²) in [6.45, 7) is 4.67. The number of carbonyl (C=O) groups excluding carboxylic acids is 1. The van der Waals surface area contributed by atoms with Gasteiger partial charge in [0, 0.05) is 13.0 Å². The normalized spacial score (nSPS) is 18.9. The van der Waals surface area contributed by atoms with Crippen molar-refractivity contribution in [2.75, 3.05) is 6.54 Å². The summed E-state index contributed by atoms with van der Waals surface area (Å²) in [5, 5.41) is 20.7. The van der Waals surface area contributed by atoms with Gasteiger partial charge in [-0.2, -0.15) is 5.10 Å². The number of aryl methyl sites for hydroxylation is 2. The van der Waals surface area contributed by atoms with Crippen molar-refractivity contribution in [3.05, 3.63) is 47.5 Å². The lowest BCUT2D eigenvalue weighted by atomic mass is 9.96. The van der Waals surface area contributed by atoms with Gasteiger partial charge in [0.15, 0.2) is 5.82 Å². The van der Waals surface area contributed by atoms with Gasteiger partial charge >= 0.3 is 6.03 Å². The molecule has 3 rings (SSSR count). The second kappa shape index (κ2) is 7.23. The van der Waals surface area contributed by atoms with Gasteiger partial charge in [-0.25, -0.2) is 14.5 Å². The summed E-state index contributed by atoms with van der Waals surface area (Å²) >= 11 is 0. The van der Waals surface area contributed by atoms with Crippen molar-refractivity contribution in [1.82, 2.24) is 25.4 Å². The zero-order valence-electron chi connectivity index (χ0n) is 14.7. The summed E-state index contributed by atoms with van der Waals surface area (Å²) in [7, 11) is 0. The Bertz CT molecular complexity index is 726. The average Bonchev–Trinajstić information content (AvgIpc) is 3.05. The fourth-order valence-electron chi connectivity index (χ4n) is 3.05. The molecule has 1 aliphatic rings. The smallest absolute Gasteiger partial charge is 0.315 e. The van der Waals surface area contributed by atoms with Crippen LogP contribution in [0, 0.1) is 0 Å². The highest BCUT2D eigenvalue weighted by Crippen LogP contribution is 2.23. The van der Waals surface area contributed by atoms with Crippen molar-refractivity contribution in [2.24, 2.45) is 0 Å². The number of carbonyl (C=O) groups is 1. The van der Waals surface area contributed by atoms with Crippen molar-refractivity contribution in [3.63, 3.8) is 0 Å². The van der Waals surface area contributed by atoms with Crippen LogP contribution in [0.4, 0.5) is 4.79 Å². The van der Waals surface area contributed by atoms with Crippen LogP contribution in [0.15, 0.2) is 30.3 Å². The molecule has 0 saturated heterocycles. The van der Waals surface area contributed by atoms with E-state index in [4.69, 9.17) is 0 Å². The van der Waals surface area contributed by atoms with Crippen LogP contribution in [0.25, 0.3) is 0 Å². The molecular weight excluding hydrogens is 318 g/mol. The second-order valence-corrected chi connectivity index (χ2v) is 6.62. The molecule has 25 heavy (non-hydrogen) atoms. The first-order valence-electron chi connectivity index (χ1n) is 8.75. The summed E-state index contributed by atoms with van der Waals surface area (Å²) in [6, 6.07) is 8.85. The van der Waals surface area contributed by atoms with Gasteiger partial charge in [0.1, 0.15) is 11.4 Å². The zero-order chi connectivity index (χ0) is 17.9. The van der Waals surface area contributed by atoms with Crippen LogP contribution < -0.4 is 10.6 Å². The molecule has 0 bridgehead atoms. The number of hydrogen-bond donors (Lipinski definition) is 3. The molecule has 2 unspecified atom stereocenters. The molecule has 3 N–H and O–H groups in total. The summed E-state index contributed by atoms with van der Waals surface area (Å²) in [4.78, 5) is 16.8. The van der Waals surface area contributed by atoms with Crippen LogP contribution in [0.5, 0.6) is 0 Å². The standard InChI is InChI=1S/C18H25N5O2/c1-3-15-21-16-14(10-7-11-23(16)22-15)20-17(24)19-12-18(2,25)13-8-5-4-6-9-13/h4-6,8-9,14,25H,3,7,10-12H2,1-2H3,(H2,19,20,24). The van der Waals surface area contributed by atoms with Gasteiger partial charge in [-0.1, -0.05) is 37.3 Å². The number of urea groups is 1. The number of benzene rings is 1. The lowest BCUT2D eigenvalue weighted by molar-refractivity contribution is 0.0592. The molecule has 2 amide bonds. The third kappa shape index (κ3) is 3.99. The van der Waals surface area contributed by atoms with E-state index >= 15 is 0 Å². The molecule has 0 spiro atoms. The summed E-state index contributed by atoms with van der Waals surface area (Å²) in [5.41, 5.74) is -0.360. The molecule has 1 aliphatic heterocycles. The third-order valence-corrected chi connectivity index (χ3v) is 4.53. The van der Waals surface area contributed by atoms with Crippen molar-refractivity contribution >= 4 is 6.03 Å². The van der Waals surface area contributed by atoms with E-state index in [1.54, 1.807) is 6.92 Å². The molecule has 1 aromatic carbocycles. The maximum Gasteiger partial charge on any atom is 0.315 e. The molecule has 2 atom stereocenters. The van der Waals surface area contributed by atoms with Crippen molar-refractivity contribution < 1.29 is 9.90 Å². The predicted molar refractivity (Wildman–Crippen MR) is 93.9 cm³/mol. The van der Waals surface area contributed by atoms with Crippen LogP contribution in [-0.4, -0.2) is 32.4 Å². The first kappa shape index (κ1) is 17.4. The number of hydrogen-bond acceptors (Lipinski definition) is 4. The van der Waals surface area contributed by atoms with E-state index in [0.29, 0.717) is 0 Å². The summed E-state index contributed by atoms with van der Waals surface area (Å²) in [6.07, 6.45) is 2.56. The number of nitrogens with one attached hydrogen (secondary N) is 2. The maximum absolute atomic E-state index is 12.3. The van der Waals surface area contributed by atoms with Crippen LogP contribution in [0.2, 0.25) is 0 Å². The molecule has 7 heteroatoms. The Morgan fingerprint density at radius 1 is 1.40 bits per heavy atom. The van der Waals surface area contributed by atoms with E-state index in [-0.39, 0.29) is 18.6 Å². The fourth-order valence-corrected chi connectivity index (χ4v) is 3.05. The first-order chi connectivity index (χ1) is 12.0. The van der Waals surface area contributed by atoms with E-state index in [1.807, 2.05) is 41.9 Å². The monoisotopic (exact) mass is 343 g/mol. The van der Waals surface area contributed by atoms with Gasteiger partial charge < -0.3 is 15.7 Å². The van der Waals surface area contributed by atoms with Gasteiger partial charge in [-0.15, -0.1) is 0 Å². The van der Waals surface area contributed by atoms with E-state index in [1.165, 1.54) is 0 Å².